The van der Waals surface area contributed by atoms with E-state index in [-0.39, 0.29) is 5.91 Å². The summed E-state index contributed by atoms with van der Waals surface area (Å²) in [5.41, 5.74) is 3.99. The molecule has 0 bridgehead atoms. The topological polar surface area (TPSA) is 54.4 Å². The summed E-state index contributed by atoms with van der Waals surface area (Å²) in [6.07, 6.45) is 5.53. The number of aromatic nitrogens is 1. The summed E-state index contributed by atoms with van der Waals surface area (Å²) in [7, 11) is 0. The number of nitrogens with zero attached hydrogens (tertiary/aromatic N) is 2. The Morgan fingerprint density at radius 1 is 1.29 bits per heavy atom. The summed E-state index contributed by atoms with van der Waals surface area (Å²) in [5.74, 6) is -0.254. The summed E-state index contributed by atoms with van der Waals surface area (Å²) >= 11 is 0. The highest BCUT2D eigenvalue weighted by molar-refractivity contribution is 5.93. The van der Waals surface area contributed by atoms with Crippen LogP contribution in [0.3, 0.4) is 0 Å². The predicted octanol–water partition coefficient (Wildman–Crippen LogP) is 2.77. The first kappa shape index (κ1) is 13.4. The van der Waals surface area contributed by atoms with Crippen molar-refractivity contribution in [1.82, 2.24) is 10.4 Å². The Hall–Kier alpha value is -1.71. The molecule has 0 aliphatic rings. The van der Waals surface area contributed by atoms with Gasteiger partial charge in [-0.2, -0.15) is 5.10 Å². The molecule has 0 atom stereocenters. The molecule has 1 heterocycles. The fourth-order valence-corrected chi connectivity index (χ4v) is 1.50. The number of carbonyl (C=O) groups is 1. The zero-order chi connectivity index (χ0) is 12.5. The van der Waals surface area contributed by atoms with Crippen LogP contribution in [-0.4, -0.2) is 16.6 Å². The van der Waals surface area contributed by atoms with Gasteiger partial charge < -0.3 is 0 Å². The van der Waals surface area contributed by atoms with E-state index in [1.165, 1.54) is 0 Å². The minimum Gasteiger partial charge on any atom is -0.266 e. The van der Waals surface area contributed by atoms with E-state index in [4.69, 9.17) is 0 Å². The number of carbonyl (C=O) groups excluding carboxylic acids is 1. The highest BCUT2D eigenvalue weighted by Gasteiger charge is 2.05. The molecular weight excluding hydrogens is 214 g/mol. The third-order valence-electron chi connectivity index (χ3n) is 2.29. The zero-order valence-electron chi connectivity index (χ0n) is 10.4. The maximum Gasteiger partial charge on any atom is 0.289 e. The van der Waals surface area contributed by atoms with Crippen LogP contribution in [0.25, 0.3) is 0 Å². The second kappa shape index (κ2) is 7.54. The average molecular weight is 233 g/mol. The van der Waals surface area contributed by atoms with Gasteiger partial charge >= 0.3 is 0 Å². The number of hydrazone groups is 1. The van der Waals surface area contributed by atoms with E-state index in [0.29, 0.717) is 5.69 Å². The quantitative estimate of drug-likeness (QED) is 0.606. The van der Waals surface area contributed by atoms with Gasteiger partial charge in [0, 0.05) is 11.9 Å². The van der Waals surface area contributed by atoms with Gasteiger partial charge in [0.25, 0.3) is 5.91 Å². The molecule has 1 amide bonds. The summed E-state index contributed by atoms with van der Waals surface area (Å²) in [6.45, 7) is 4.21. The van der Waals surface area contributed by atoms with Gasteiger partial charge in [0.15, 0.2) is 0 Å². The number of amides is 1. The number of rotatable bonds is 6. The molecule has 0 saturated carbocycles. The minimum atomic E-state index is -0.254. The molecule has 0 saturated heterocycles. The molecule has 1 N–H and O–H groups in total. The molecular formula is C13H19N3O. The van der Waals surface area contributed by atoms with Gasteiger partial charge in [0.2, 0.25) is 0 Å². The lowest BCUT2D eigenvalue weighted by Gasteiger charge is -2.04. The molecule has 4 heteroatoms. The van der Waals surface area contributed by atoms with Gasteiger partial charge in [-0.3, -0.25) is 9.78 Å². The smallest absolute Gasteiger partial charge is 0.266 e. The molecule has 17 heavy (non-hydrogen) atoms. The SMILES string of the molecule is CCCC(CCC)=NNC(=O)c1ccccn1. The van der Waals surface area contributed by atoms with Gasteiger partial charge in [-0.15, -0.1) is 0 Å². The second-order valence-electron chi connectivity index (χ2n) is 3.83. The largest absolute Gasteiger partial charge is 0.289 e. The third-order valence-corrected chi connectivity index (χ3v) is 2.29. The number of hydrogen-bond donors (Lipinski definition) is 1. The molecule has 0 aliphatic heterocycles. The molecule has 1 rings (SSSR count). The third kappa shape index (κ3) is 4.76. The Balaban J connectivity index is 2.58. The van der Waals surface area contributed by atoms with Crippen molar-refractivity contribution in [1.29, 1.82) is 0 Å². The highest BCUT2D eigenvalue weighted by atomic mass is 16.2. The Morgan fingerprint density at radius 2 is 2.00 bits per heavy atom. The number of nitrogens with one attached hydrogen (secondary N) is 1. The Labute approximate surface area is 102 Å². The van der Waals surface area contributed by atoms with Crippen molar-refractivity contribution in [3.63, 3.8) is 0 Å². The zero-order valence-corrected chi connectivity index (χ0v) is 10.4. The van der Waals surface area contributed by atoms with Crippen LogP contribution in [0.5, 0.6) is 0 Å². The fraction of sp³-hybridized carbons (Fsp3) is 0.462. The number of pyridine rings is 1. The van der Waals surface area contributed by atoms with Crippen LogP contribution in [0.15, 0.2) is 29.5 Å². The van der Waals surface area contributed by atoms with Crippen molar-refractivity contribution in [3.8, 4) is 0 Å². The predicted molar refractivity (Wildman–Crippen MR) is 69.0 cm³/mol. The monoisotopic (exact) mass is 233 g/mol. The van der Waals surface area contributed by atoms with Crippen molar-refractivity contribution >= 4 is 11.6 Å². The van der Waals surface area contributed by atoms with Gasteiger partial charge in [-0.1, -0.05) is 32.8 Å². The van der Waals surface area contributed by atoms with Gasteiger partial charge in [-0.25, -0.2) is 5.43 Å². The summed E-state index contributed by atoms with van der Waals surface area (Å²) in [5, 5.41) is 4.16. The van der Waals surface area contributed by atoms with E-state index < -0.39 is 0 Å². The van der Waals surface area contributed by atoms with Crippen molar-refractivity contribution in [2.45, 2.75) is 39.5 Å². The first-order valence-corrected chi connectivity index (χ1v) is 6.04. The van der Waals surface area contributed by atoms with E-state index in [1.54, 1.807) is 24.4 Å². The molecule has 0 unspecified atom stereocenters. The molecule has 1 aromatic heterocycles. The van der Waals surface area contributed by atoms with Crippen molar-refractivity contribution in [2.75, 3.05) is 0 Å². The normalized spacial score (nSPS) is 9.76. The standard InChI is InChI=1S/C13H19N3O/c1-3-7-11(8-4-2)15-16-13(17)12-9-5-6-10-14-12/h5-6,9-10H,3-4,7-8H2,1-2H3,(H,16,17). The molecule has 92 valence electrons. The highest BCUT2D eigenvalue weighted by Crippen LogP contribution is 2.00. The first-order chi connectivity index (χ1) is 8.27. The maximum atomic E-state index is 11.7. The molecule has 0 fully saturated rings. The fourth-order valence-electron chi connectivity index (χ4n) is 1.50. The molecule has 0 aromatic carbocycles. The summed E-state index contributed by atoms with van der Waals surface area (Å²) in [4.78, 5) is 15.6. The van der Waals surface area contributed by atoms with Crippen molar-refractivity contribution in [2.24, 2.45) is 5.10 Å². The van der Waals surface area contributed by atoms with E-state index in [2.05, 4.69) is 29.4 Å². The van der Waals surface area contributed by atoms with E-state index in [1.807, 2.05) is 0 Å². The average Bonchev–Trinajstić information content (AvgIpc) is 2.37. The first-order valence-electron chi connectivity index (χ1n) is 6.04. The summed E-state index contributed by atoms with van der Waals surface area (Å²) < 4.78 is 0. The van der Waals surface area contributed by atoms with Crippen LogP contribution in [-0.2, 0) is 0 Å². The van der Waals surface area contributed by atoms with E-state index in [9.17, 15) is 4.79 Å². The molecule has 0 radical (unpaired) electrons. The van der Waals surface area contributed by atoms with Crippen molar-refractivity contribution < 1.29 is 4.79 Å². The van der Waals surface area contributed by atoms with Crippen molar-refractivity contribution in [3.05, 3.63) is 30.1 Å². The lowest BCUT2D eigenvalue weighted by Crippen LogP contribution is -2.20. The van der Waals surface area contributed by atoms with Gasteiger partial charge in [0.05, 0.1) is 0 Å². The van der Waals surface area contributed by atoms with E-state index >= 15 is 0 Å². The molecule has 4 nitrogen and oxygen atoms in total. The molecule has 0 spiro atoms. The second-order valence-corrected chi connectivity index (χ2v) is 3.83. The Kier molecular flexibility index (Phi) is 5.93. The Bertz CT molecular complexity index is 366. The van der Waals surface area contributed by atoms with Crippen LogP contribution < -0.4 is 5.43 Å². The van der Waals surface area contributed by atoms with Crippen LogP contribution in [0.4, 0.5) is 0 Å². The molecule has 1 aromatic rings. The molecule has 0 aliphatic carbocycles. The van der Waals surface area contributed by atoms with Crippen LogP contribution in [0, 0.1) is 0 Å². The number of hydrogen-bond acceptors (Lipinski definition) is 3. The van der Waals surface area contributed by atoms with Crippen LogP contribution >= 0.6 is 0 Å². The van der Waals surface area contributed by atoms with Gasteiger partial charge in [-0.05, 0) is 25.0 Å². The van der Waals surface area contributed by atoms with Crippen LogP contribution in [0.2, 0.25) is 0 Å². The van der Waals surface area contributed by atoms with E-state index in [0.717, 1.165) is 31.4 Å². The Morgan fingerprint density at radius 3 is 2.53 bits per heavy atom. The maximum absolute atomic E-state index is 11.7. The minimum absolute atomic E-state index is 0.254. The summed E-state index contributed by atoms with van der Waals surface area (Å²) in [6, 6.07) is 5.23. The lowest BCUT2D eigenvalue weighted by atomic mass is 10.1. The van der Waals surface area contributed by atoms with Gasteiger partial charge in [0.1, 0.15) is 5.69 Å². The van der Waals surface area contributed by atoms with Crippen LogP contribution in [0.1, 0.15) is 50.0 Å². The lowest BCUT2D eigenvalue weighted by molar-refractivity contribution is 0.0949.